The molecule has 0 spiro atoms. The zero-order chi connectivity index (χ0) is 14.5. The summed E-state index contributed by atoms with van der Waals surface area (Å²) in [6.07, 6.45) is 3.88. The van der Waals surface area contributed by atoms with E-state index >= 15 is 0 Å². The van der Waals surface area contributed by atoms with Gasteiger partial charge in [0.05, 0.1) is 18.2 Å². The molecule has 2 aromatic heterocycles. The first-order valence-electron chi connectivity index (χ1n) is 6.30. The summed E-state index contributed by atoms with van der Waals surface area (Å²) in [6.45, 7) is 2.72. The second kappa shape index (κ2) is 6.43. The molecular formula is C14H15ClN2O3. The average molecular weight is 295 g/mol. The molecule has 0 unspecified atom stereocenters. The van der Waals surface area contributed by atoms with Gasteiger partial charge in [-0.05, 0) is 12.5 Å². The minimum Gasteiger partial charge on any atom is -0.488 e. The van der Waals surface area contributed by atoms with Gasteiger partial charge in [-0.2, -0.15) is 0 Å². The van der Waals surface area contributed by atoms with Crippen molar-refractivity contribution in [2.24, 2.45) is 0 Å². The Morgan fingerprint density at radius 3 is 2.85 bits per heavy atom. The Balaban J connectivity index is 2.22. The summed E-state index contributed by atoms with van der Waals surface area (Å²) in [5.74, 6) is 0.286. The molecule has 0 saturated carbocycles. The smallest absolute Gasteiger partial charge is 0.250 e. The molecule has 0 aromatic carbocycles. The first-order valence-corrected chi connectivity index (χ1v) is 6.68. The highest BCUT2D eigenvalue weighted by Crippen LogP contribution is 2.06. The maximum Gasteiger partial charge on any atom is 0.250 e. The molecule has 0 aliphatic rings. The van der Waals surface area contributed by atoms with E-state index in [0.29, 0.717) is 17.3 Å². The van der Waals surface area contributed by atoms with Gasteiger partial charge in [0.1, 0.15) is 0 Å². The van der Waals surface area contributed by atoms with Crippen LogP contribution in [-0.2, 0) is 6.54 Å². The van der Waals surface area contributed by atoms with Crippen molar-refractivity contribution >= 4 is 11.6 Å². The van der Waals surface area contributed by atoms with Gasteiger partial charge in [-0.1, -0.05) is 18.5 Å². The molecule has 106 valence electrons. The van der Waals surface area contributed by atoms with Crippen LogP contribution < -0.4 is 15.7 Å². The lowest BCUT2D eigenvalue weighted by atomic mass is 10.3. The van der Waals surface area contributed by atoms with E-state index in [-0.39, 0.29) is 23.3 Å². The topological polar surface area (TPSA) is 64.1 Å². The van der Waals surface area contributed by atoms with E-state index in [9.17, 15) is 9.59 Å². The van der Waals surface area contributed by atoms with Crippen LogP contribution in [0.3, 0.4) is 0 Å². The molecule has 0 radical (unpaired) electrons. The number of nitrogens with one attached hydrogen (secondary N) is 1. The first kappa shape index (κ1) is 14.4. The number of hydrogen-bond acceptors (Lipinski definition) is 3. The Morgan fingerprint density at radius 2 is 2.15 bits per heavy atom. The Bertz CT molecular complexity index is 706. The summed E-state index contributed by atoms with van der Waals surface area (Å²) < 4.78 is 6.73. The van der Waals surface area contributed by atoms with E-state index in [1.54, 1.807) is 0 Å². The monoisotopic (exact) mass is 294 g/mol. The molecule has 2 aromatic rings. The minimum atomic E-state index is -0.206. The average Bonchev–Trinajstić information content (AvgIpc) is 2.42. The number of ether oxygens (including phenoxy) is 1. The van der Waals surface area contributed by atoms with Crippen molar-refractivity contribution in [2.75, 3.05) is 6.61 Å². The quantitative estimate of drug-likeness (QED) is 0.917. The fourth-order valence-electron chi connectivity index (χ4n) is 1.73. The van der Waals surface area contributed by atoms with Crippen LogP contribution in [0.2, 0.25) is 5.02 Å². The van der Waals surface area contributed by atoms with Gasteiger partial charge < -0.3 is 14.3 Å². The molecule has 2 rings (SSSR count). The lowest BCUT2D eigenvalue weighted by Crippen LogP contribution is -2.20. The summed E-state index contributed by atoms with van der Waals surface area (Å²) in [6, 6.07) is 4.35. The van der Waals surface area contributed by atoms with Crippen molar-refractivity contribution in [1.82, 2.24) is 9.55 Å². The molecule has 0 amide bonds. The molecule has 0 bridgehead atoms. The normalized spacial score (nSPS) is 10.5. The number of H-pyrrole nitrogens is 1. The number of nitrogens with zero attached hydrogens (tertiary/aromatic N) is 1. The lowest BCUT2D eigenvalue weighted by molar-refractivity contribution is 0.313. The molecule has 20 heavy (non-hydrogen) atoms. The van der Waals surface area contributed by atoms with Crippen LogP contribution in [0.15, 0.2) is 40.2 Å². The first-order chi connectivity index (χ1) is 9.60. The van der Waals surface area contributed by atoms with E-state index in [2.05, 4.69) is 4.98 Å². The Labute approximate surface area is 120 Å². The summed E-state index contributed by atoms with van der Waals surface area (Å²) in [4.78, 5) is 26.4. The van der Waals surface area contributed by atoms with Crippen LogP contribution in [0, 0.1) is 0 Å². The van der Waals surface area contributed by atoms with Crippen molar-refractivity contribution in [3.63, 3.8) is 0 Å². The number of hydrogen-bond donors (Lipinski definition) is 1. The summed E-state index contributed by atoms with van der Waals surface area (Å²) in [7, 11) is 0. The molecular weight excluding hydrogens is 280 g/mol. The van der Waals surface area contributed by atoms with Crippen molar-refractivity contribution in [1.29, 1.82) is 0 Å². The van der Waals surface area contributed by atoms with E-state index in [1.807, 2.05) is 6.92 Å². The SMILES string of the molecule is CCCOc1c[nH]c(Cn2cc(Cl)ccc2=O)cc1=O. The molecule has 0 saturated heterocycles. The van der Waals surface area contributed by atoms with E-state index in [4.69, 9.17) is 16.3 Å². The molecule has 0 fully saturated rings. The van der Waals surface area contributed by atoms with Crippen LogP contribution in [0.1, 0.15) is 19.0 Å². The van der Waals surface area contributed by atoms with E-state index in [1.165, 1.54) is 35.2 Å². The summed E-state index contributed by atoms with van der Waals surface area (Å²) >= 11 is 5.85. The second-order valence-electron chi connectivity index (χ2n) is 4.35. The molecule has 0 aliphatic heterocycles. The fraction of sp³-hybridized carbons (Fsp3) is 0.286. The highest BCUT2D eigenvalue weighted by Gasteiger charge is 2.04. The van der Waals surface area contributed by atoms with Gasteiger partial charge in [0.15, 0.2) is 5.75 Å². The van der Waals surface area contributed by atoms with Crippen LogP contribution in [0.4, 0.5) is 0 Å². The molecule has 2 heterocycles. The van der Waals surface area contributed by atoms with Gasteiger partial charge in [0.2, 0.25) is 5.43 Å². The number of pyridine rings is 2. The molecule has 6 heteroatoms. The fourth-order valence-corrected chi connectivity index (χ4v) is 1.91. The van der Waals surface area contributed by atoms with Gasteiger partial charge in [-0.25, -0.2) is 0 Å². The largest absolute Gasteiger partial charge is 0.488 e. The van der Waals surface area contributed by atoms with Crippen LogP contribution in [0.25, 0.3) is 0 Å². The third-order valence-electron chi connectivity index (χ3n) is 2.69. The summed E-state index contributed by atoms with van der Waals surface area (Å²) in [5.41, 5.74) is 0.229. The van der Waals surface area contributed by atoms with Gasteiger partial charge in [0, 0.05) is 30.2 Å². The Morgan fingerprint density at radius 1 is 1.35 bits per heavy atom. The number of aromatic amines is 1. The van der Waals surface area contributed by atoms with E-state index in [0.717, 1.165) is 6.42 Å². The lowest BCUT2D eigenvalue weighted by Gasteiger charge is -2.08. The van der Waals surface area contributed by atoms with Crippen LogP contribution in [-0.4, -0.2) is 16.2 Å². The zero-order valence-electron chi connectivity index (χ0n) is 11.1. The van der Waals surface area contributed by atoms with Crippen LogP contribution in [0.5, 0.6) is 5.75 Å². The zero-order valence-corrected chi connectivity index (χ0v) is 11.8. The van der Waals surface area contributed by atoms with Crippen molar-refractivity contribution in [3.05, 3.63) is 61.9 Å². The van der Waals surface area contributed by atoms with Gasteiger partial charge in [-0.3, -0.25) is 9.59 Å². The van der Waals surface area contributed by atoms with Gasteiger partial charge in [0.25, 0.3) is 5.56 Å². The van der Waals surface area contributed by atoms with Crippen molar-refractivity contribution in [3.8, 4) is 5.75 Å². The standard InChI is InChI=1S/C14H15ClN2O3/c1-2-5-20-13-7-16-11(6-12(13)18)9-17-8-10(15)3-4-14(17)19/h3-4,6-8H,2,5,9H2,1H3,(H,16,18). The van der Waals surface area contributed by atoms with Crippen LogP contribution >= 0.6 is 11.6 Å². The number of rotatable bonds is 5. The Kier molecular flexibility index (Phi) is 4.63. The Hall–Kier alpha value is -2.01. The third-order valence-corrected chi connectivity index (χ3v) is 2.91. The highest BCUT2D eigenvalue weighted by atomic mass is 35.5. The van der Waals surface area contributed by atoms with Gasteiger partial charge in [-0.15, -0.1) is 0 Å². The molecule has 5 nitrogen and oxygen atoms in total. The minimum absolute atomic E-state index is 0.179. The van der Waals surface area contributed by atoms with Crippen molar-refractivity contribution in [2.45, 2.75) is 19.9 Å². The third kappa shape index (κ3) is 3.51. The number of aromatic nitrogens is 2. The summed E-state index contributed by atoms with van der Waals surface area (Å²) in [5, 5.41) is 0.467. The maximum atomic E-state index is 11.8. The van der Waals surface area contributed by atoms with Gasteiger partial charge >= 0.3 is 0 Å². The molecule has 0 aliphatic carbocycles. The predicted molar refractivity (Wildman–Crippen MR) is 77.7 cm³/mol. The predicted octanol–water partition coefficient (Wildman–Crippen LogP) is 2.03. The second-order valence-corrected chi connectivity index (χ2v) is 4.79. The molecule has 0 atom stereocenters. The number of halogens is 1. The highest BCUT2D eigenvalue weighted by molar-refractivity contribution is 6.30. The van der Waals surface area contributed by atoms with E-state index < -0.39 is 0 Å². The van der Waals surface area contributed by atoms with Crippen molar-refractivity contribution < 1.29 is 4.74 Å². The maximum absolute atomic E-state index is 11.8. The molecule has 1 N–H and O–H groups in total.